The summed E-state index contributed by atoms with van der Waals surface area (Å²) >= 11 is 0. The lowest BCUT2D eigenvalue weighted by molar-refractivity contribution is 0.0631. The van der Waals surface area contributed by atoms with Crippen LogP contribution in [0.15, 0.2) is 89.7 Å². The van der Waals surface area contributed by atoms with E-state index in [2.05, 4.69) is 15.0 Å². The highest BCUT2D eigenvalue weighted by atomic mass is 32.2. The number of imidazole rings is 1. The van der Waals surface area contributed by atoms with Crippen LogP contribution >= 0.6 is 0 Å². The Hall–Kier alpha value is -4.15. The van der Waals surface area contributed by atoms with Crippen LogP contribution in [0.2, 0.25) is 0 Å². The zero-order valence-electron chi connectivity index (χ0n) is 21.9. The van der Waals surface area contributed by atoms with Gasteiger partial charge in [0.05, 0.1) is 22.3 Å². The quantitative estimate of drug-likeness (QED) is 0.307. The van der Waals surface area contributed by atoms with Crippen molar-refractivity contribution in [1.82, 2.24) is 19.8 Å². The molecule has 0 radical (unpaired) electrons. The van der Waals surface area contributed by atoms with E-state index in [0.717, 1.165) is 5.56 Å². The van der Waals surface area contributed by atoms with Crippen molar-refractivity contribution in [2.24, 2.45) is 0 Å². The number of nitrogens with one attached hydrogen (secondary N) is 3. The highest BCUT2D eigenvalue weighted by Gasteiger charge is 2.37. The standard InChI is InChI=1S/C30H31N5O4S/c36-29(34-18-17-31-20-23(34)19-21-9-3-1-4-10-21)27-28(22-11-5-2-6-12-22)35(30(37)32-27)26-14-8-7-13-25(26)33-40(38,39)24-15-16-24/h1-14,23-24,31,33H,15-20H2,(H,32,37)/t23-/m1/s1. The number of anilines is 1. The summed E-state index contributed by atoms with van der Waals surface area (Å²) in [6.07, 6.45) is 1.91. The monoisotopic (exact) mass is 557 g/mol. The van der Waals surface area contributed by atoms with Crippen LogP contribution in [0.25, 0.3) is 16.9 Å². The molecule has 3 aromatic carbocycles. The number of amides is 1. The van der Waals surface area contributed by atoms with E-state index < -0.39 is 21.0 Å². The smallest absolute Gasteiger partial charge is 0.331 e. The number of hydrogen-bond acceptors (Lipinski definition) is 5. The first-order chi connectivity index (χ1) is 19.4. The van der Waals surface area contributed by atoms with Gasteiger partial charge in [-0.15, -0.1) is 0 Å². The molecule has 0 spiro atoms. The predicted molar refractivity (Wildman–Crippen MR) is 155 cm³/mol. The van der Waals surface area contributed by atoms with Crippen LogP contribution in [0.4, 0.5) is 5.69 Å². The van der Waals surface area contributed by atoms with Gasteiger partial charge in [0.25, 0.3) is 5.91 Å². The molecule has 206 valence electrons. The van der Waals surface area contributed by atoms with Crippen molar-refractivity contribution in [3.05, 3.63) is 107 Å². The molecule has 40 heavy (non-hydrogen) atoms. The van der Waals surface area contributed by atoms with E-state index in [9.17, 15) is 18.0 Å². The number of piperazine rings is 1. The van der Waals surface area contributed by atoms with Crippen LogP contribution in [-0.4, -0.2) is 59.7 Å². The second kappa shape index (κ2) is 10.8. The van der Waals surface area contributed by atoms with Gasteiger partial charge in [-0.3, -0.25) is 14.1 Å². The molecule has 1 amide bonds. The van der Waals surface area contributed by atoms with E-state index in [1.165, 1.54) is 4.57 Å². The number of carbonyl (C=O) groups excluding carboxylic acids is 1. The Morgan fingerprint density at radius 2 is 1.60 bits per heavy atom. The molecule has 2 heterocycles. The summed E-state index contributed by atoms with van der Waals surface area (Å²) in [5.41, 5.74) is 2.48. The van der Waals surface area contributed by atoms with Crippen LogP contribution in [0.3, 0.4) is 0 Å². The molecule has 1 saturated heterocycles. The van der Waals surface area contributed by atoms with Crippen molar-refractivity contribution in [2.75, 3.05) is 24.4 Å². The maximum absolute atomic E-state index is 14.2. The third-order valence-corrected chi connectivity index (χ3v) is 9.30. The number of sulfonamides is 1. The summed E-state index contributed by atoms with van der Waals surface area (Å²) in [6.45, 7) is 1.78. The number of aromatic nitrogens is 2. The minimum atomic E-state index is -3.58. The Bertz CT molecular complexity index is 1680. The highest BCUT2D eigenvalue weighted by Crippen LogP contribution is 2.33. The highest BCUT2D eigenvalue weighted by molar-refractivity contribution is 7.93. The zero-order chi connectivity index (χ0) is 27.7. The van der Waals surface area contributed by atoms with Gasteiger partial charge in [0.15, 0.2) is 0 Å². The van der Waals surface area contributed by atoms with Gasteiger partial charge in [-0.05, 0) is 37.0 Å². The number of para-hydroxylation sites is 2. The number of nitrogens with zero attached hydrogens (tertiary/aromatic N) is 2. The molecule has 1 aromatic heterocycles. The molecule has 3 N–H and O–H groups in total. The van der Waals surface area contributed by atoms with Crippen LogP contribution in [0, 0.1) is 0 Å². The van der Waals surface area contributed by atoms with Gasteiger partial charge < -0.3 is 15.2 Å². The lowest BCUT2D eigenvalue weighted by Crippen LogP contribution is -2.54. The number of rotatable bonds is 8. The van der Waals surface area contributed by atoms with Gasteiger partial charge in [0, 0.05) is 31.2 Å². The molecule has 4 aromatic rings. The molecule has 1 aliphatic carbocycles. The first-order valence-electron chi connectivity index (χ1n) is 13.5. The Morgan fingerprint density at radius 1 is 0.925 bits per heavy atom. The second-order valence-corrected chi connectivity index (χ2v) is 12.2. The average Bonchev–Trinajstić information content (AvgIpc) is 3.78. The summed E-state index contributed by atoms with van der Waals surface area (Å²) in [7, 11) is -3.58. The summed E-state index contributed by atoms with van der Waals surface area (Å²) in [4.78, 5) is 32.5. The molecule has 1 saturated carbocycles. The van der Waals surface area contributed by atoms with Crippen molar-refractivity contribution in [3.63, 3.8) is 0 Å². The van der Waals surface area contributed by atoms with Crippen LogP contribution in [-0.2, 0) is 16.4 Å². The summed E-state index contributed by atoms with van der Waals surface area (Å²) in [6, 6.07) is 25.9. The maximum Gasteiger partial charge on any atom is 0.331 e. The Morgan fingerprint density at radius 3 is 2.33 bits per heavy atom. The fourth-order valence-electron chi connectivity index (χ4n) is 5.30. The number of aromatic amines is 1. The van der Waals surface area contributed by atoms with Crippen molar-refractivity contribution >= 4 is 21.6 Å². The normalized spacial score (nSPS) is 17.5. The lowest BCUT2D eigenvalue weighted by Gasteiger charge is -2.36. The first-order valence-corrected chi connectivity index (χ1v) is 15.0. The van der Waals surface area contributed by atoms with Gasteiger partial charge in [-0.2, -0.15) is 0 Å². The number of carbonyl (C=O) groups is 1. The molecule has 1 aliphatic heterocycles. The molecule has 10 heteroatoms. The van der Waals surface area contributed by atoms with Gasteiger partial charge in [-0.1, -0.05) is 72.8 Å². The van der Waals surface area contributed by atoms with Crippen molar-refractivity contribution in [1.29, 1.82) is 0 Å². The third kappa shape index (κ3) is 5.20. The average molecular weight is 558 g/mol. The predicted octanol–water partition coefficient (Wildman–Crippen LogP) is 3.39. The number of benzene rings is 3. The van der Waals surface area contributed by atoms with Gasteiger partial charge in [-0.25, -0.2) is 13.2 Å². The van der Waals surface area contributed by atoms with Gasteiger partial charge >= 0.3 is 5.69 Å². The third-order valence-electron chi connectivity index (χ3n) is 7.44. The molecule has 9 nitrogen and oxygen atoms in total. The molecular weight excluding hydrogens is 526 g/mol. The largest absolute Gasteiger partial charge is 0.331 e. The minimum Gasteiger partial charge on any atom is -0.331 e. The summed E-state index contributed by atoms with van der Waals surface area (Å²) in [5, 5.41) is 2.96. The first kappa shape index (κ1) is 26.1. The number of hydrogen-bond donors (Lipinski definition) is 3. The molecule has 2 fully saturated rings. The van der Waals surface area contributed by atoms with Gasteiger partial charge in [0.1, 0.15) is 5.69 Å². The fraction of sp³-hybridized carbons (Fsp3) is 0.267. The Balaban J connectivity index is 1.45. The van der Waals surface area contributed by atoms with Crippen LogP contribution < -0.4 is 15.7 Å². The second-order valence-electron chi connectivity index (χ2n) is 10.3. The summed E-state index contributed by atoms with van der Waals surface area (Å²) < 4.78 is 29.7. The van der Waals surface area contributed by atoms with Crippen molar-refractivity contribution < 1.29 is 13.2 Å². The molecule has 6 rings (SSSR count). The molecular formula is C30H31N5O4S. The van der Waals surface area contributed by atoms with Gasteiger partial charge in [0.2, 0.25) is 10.0 Å². The van der Waals surface area contributed by atoms with Crippen LogP contribution in [0.5, 0.6) is 0 Å². The molecule has 0 bridgehead atoms. The van der Waals surface area contributed by atoms with E-state index in [-0.39, 0.29) is 23.3 Å². The van der Waals surface area contributed by atoms with E-state index in [1.807, 2.05) is 65.6 Å². The molecule has 0 unspecified atom stereocenters. The maximum atomic E-state index is 14.2. The van der Waals surface area contributed by atoms with E-state index in [0.29, 0.717) is 55.8 Å². The minimum absolute atomic E-state index is 0.100. The van der Waals surface area contributed by atoms with E-state index in [1.54, 1.807) is 24.3 Å². The van der Waals surface area contributed by atoms with E-state index >= 15 is 0 Å². The van der Waals surface area contributed by atoms with E-state index in [4.69, 9.17) is 0 Å². The van der Waals surface area contributed by atoms with Crippen molar-refractivity contribution in [3.8, 4) is 16.9 Å². The molecule has 1 atom stereocenters. The van der Waals surface area contributed by atoms with Crippen LogP contribution in [0.1, 0.15) is 28.9 Å². The topological polar surface area (TPSA) is 116 Å². The number of H-pyrrole nitrogens is 1. The van der Waals surface area contributed by atoms with Crippen molar-refractivity contribution in [2.45, 2.75) is 30.6 Å². The summed E-state index contributed by atoms with van der Waals surface area (Å²) in [5.74, 6) is -0.270. The SMILES string of the molecule is O=C(c1[nH]c(=O)n(-c2ccccc2NS(=O)(=O)C2CC2)c1-c1ccccc1)N1CCNC[C@H]1Cc1ccccc1. The lowest BCUT2D eigenvalue weighted by atomic mass is 10.0. The zero-order valence-corrected chi connectivity index (χ0v) is 22.7. The molecule has 2 aliphatic rings. The fourth-order valence-corrected chi connectivity index (χ4v) is 6.70. The Labute approximate surface area is 232 Å². The Kier molecular flexibility index (Phi) is 7.03.